The van der Waals surface area contributed by atoms with E-state index in [1.165, 1.54) is 16.9 Å². The Kier molecular flexibility index (Phi) is 4.08. The summed E-state index contributed by atoms with van der Waals surface area (Å²) in [7, 11) is 0. The summed E-state index contributed by atoms with van der Waals surface area (Å²) in [6.07, 6.45) is 0. The zero-order valence-electron chi connectivity index (χ0n) is 14.4. The van der Waals surface area contributed by atoms with Gasteiger partial charge in [-0.1, -0.05) is 38.2 Å². The second-order valence-electron chi connectivity index (χ2n) is 6.85. The minimum atomic E-state index is -0.525. The average Bonchev–Trinajstić information content (AvgIpc) is 3.11. The van der Waals surface area contributed by atoms with Gasteiger partial charge in [0.1, 0.15) is 6.04 Å². The first kappa shape index (κ1) is 16.5. The van der Waals surface area contributed by atoms with Crippen molar-refractivity contribution in [2.75, 3.05) is 5.32 Å². The first-order valence-corrected chi connectivity index (χ1v) is 8.54. The summed E-state index contributed by atoms with van der Waals surface area (Å²) in [6, 6.07) is 5.50. The fourth-order valence-electron chi connectivity index (χ4n) is 2.35. The Hall–Kier alpha value is -2.35. The molecule has 8 heteroatoms. The number of aromatic nitrogens is 5. The van der Waals surface area contributed by atoms with E-state index in [1.54, 1.807) is 11.6 Å². The Morgan fingerprint density at radius 2 is 2.08 bits per heavy atom. The molecular weight excluding hydrogens is 324 g/mol. The second kappa shape index (κ2) is 5.94. The Bertz CT molecular complexity index is 891. The number of fused-ring (bicyclic) bond motifs is 1. The van der Waals surface area contributed by atoms with Crippen molar-refractivity contribution in [1.29, 1.82) is 0 Å². The molecule has 0 saturated heterocycles. The summed E-state index contributed by atoms with van der Waals surface area (Å²) in [5.41, 5.74) is 1.80. The number of anilines is 1. The van der Waals surface area contributed by atoms with E-state index in [0.29, 0.717) is 11.0 Å². The van der Waals surface area contributed by atoms with Crippen molar-refractivity contribution >= 4 is 32.6 Å². The SMILES string of the molecule is Cc1ccc2nc(NC(=O)C(C)n3nnnc3C(C)(C)C)sc2c1. The largest absolute Gasteiger partial charge is 0.300 e. The Labute approximate surface area is 144 Å². The third-order valence-corrected chi connectivity index (χ3v) is 4.62. The number of rotatable bonds is 3. The van der Waals surface area contributed by atoms with Crippen LogP contribution in [0.1, 0.15) is 45.1 Å². The summed E-state index contributed by atoms with van der Waals surface area (Å²) in [5, 5.41) is 15.2. The van der Waals surface area contributed by atoms with Gasteiger partial charge in [0.25, 0.3) is 5.91 Å². The van der Waals surface area contributed by atoms with E-state index in [0.717, 1.165) is 10.2 Å². The lowest BCUT2D eigenvalue weighted by atomic mass is 9.95. The van der Waals surface area contributed by atoms with Gasteiger partial charge in [0.2, 0.25) is 0 Å². The fourth-order valence-corrected chi connectivity index (χ4v) is 3.32. The highest BCUT2D eigenvalue weighted by atomic mass is 32.1. The molecule has 0 aliphatic carbocycles. The predicted molar refractivity (Wildman–Crippen MR) is 94.2 cm³/mol. The van der Waals surface area contributed by atoms with Crippen LogP contribution in [0.2, 0.25) is 0 Å². The lowest BCUT2D eigenvalue weighted by Gasteiger charge is -2.20. The van der Waals surface area contributed by atoms with Crippen LogP contribution in [0.15, 0.2) is 18.2 Å². The summed E-state index contributed by atoms with van der Waals surface area (Å²) in [5.74, 6) is 0.480. The first-order chi connectivity index (χ1) is 11.3. The smallest absolute Gasteiger partial charge is 0.250 e. The van der Waals surface area contributed by atoms with Crippen molar-refractivity contribution in [3.05, 3.63) is 29.6 Å². The molecule has 7 nitrogen and oxygen atoms in total. The fraction of sp³-hybridized carbons (Fsp3) is 0.438. The molecule has 2 aromatic heterocycles. The minimum absolute atomic E-state index is 0.191. The lowest BCUT2D eigenvalue weighted by molar-refractivity contribution is -0.119. The Balaban J connectivity index is 1.82. The van der Waals surface area contributed by atoms with Crippen LogP contribution < -0.4 is 5.32 Å². The lowest BCUT2D eigenvalue weighted by Crippen LogP contribution is -2.29. The van der Waals surface area contributed by atoms with Gasteiger partial charge in [-0.05, 0) is 42.0 Å². The number of carbonyl (C=O) groups is 1. The van der Waals surface area contributed by atoms with Gasteiger partial charge in [-0.3, -0.25) is 4.79 Å². The number of amides is 1. The van der Waals surface area contributed by atoms with E-state index >= 15 is 0 Å². The molecule has 0 radical (unpaired) electrons. The molecule has 0 aliphatic heterocycles. The van der Waals surface area contributed by atoms with Gasteiger partial charge in [0.05, 0.1) is 10.2 Å². The maximum absolute atomic E-state index is 12.6. The monoisotopic (exact) mass is 344 g/mol. The van der Waals surface area contributed by atoms with Gasteiger partial charge in [0.15, 0.2) is 11.0 Å². The standard InChI is InChI=1S/C16H20N6OS/c1-9-6-7-11-12(8-9)24-15(17-11)18-13(23)10(2)22-14(16(3,4)5)19-20-21-22/h6-8,10H,1-5H3,(H,17,18,23). The summed E-state index contributed by atoms with van der Waals surface area (Å²) in [6.45, 7) is 9.84. The van der Waals surface area contributed by atoms with Crippen molar-refractivity contribution < 1.29 is 4.79 Å². The molecule has 126 valence electrons. The first-order valence-electron chi connectivity index (χ1n) is 7.72. The second-order valence-corrected chi connectivity index (χ2v) is 7.88. The number of hydrogen-bond donors (Lipinski definition) is 1. The van der Waals surface area contributed by atoms with Crippen molar-refractivity contribution in [1.82, 2.24) is 25.2 Å². The third kappa shape index (κ3) is 3.14. The molecule has 0 bridgehead atoms. The number of nitrogens with one attached hydrogen (secondary N) is 1. The molecular formula is C16H20N6OS. The normalized spacial score (nSPS) is 13.2. The van der Waals surface area contributed by atoms with E-state index in [1.807, 2.05) is 39.8 Å². The molecule has 1 amide bonds. The number of hydrogen-bond acceptors (Lipinski definition) is 6. The number of benzene rings is 1. The molecule has 3 aromatic rings. The van der Waals surface area contributed by atoms with Crippen molar-refractivity contribution in [2.24, 2.45) is 0 Å². The third-order valence-electron chi connectivity index (χ3n) is 3.68. The van der Waals surface area contributed by atoms with Gasteiger partial charge in [-0.25, -0.2) is 9.67 Å². The molecule has 0 fully saturated rings. The number of carbonyl (C=O) groups excluding carboxylic acids is 1. The topological polar surface area (TPSA) is 85.6 Å². The molecule has 1 unspecified atom stereocenters. The van der Waals surface area contributed by atoms with E-state index in [2.05, 4.69) is 31.9 Å². The van der Waals surface area contributed by atoms with Gasteiger partial charge in [0, 0.05) is 5.41 Å². The van der Waals surface area contributed by atoms with E-state index < -0.39 is 6.04 Å². The summed E-state index contributed by atoms with van der Waals surface area (Å²) < 4.78 is 2.61. The predicted octanol–water partition coefficient (Wildman–Crippen LogP) is 3.09. The van der Waals surface area contributed by atoms with Crippen molar-refractivity contribution in [3.63, 3.8) is 0 Å². The van der Waals surface area contributed by atoms with Crippen LogP contribution in [0.5, 0.6) is 0 Å². The molecule has 0 spiro atoms. The van der Waals surface area contributed by atoms with Gasteiger partial charge in [-0.15, -0.1) is 5.10 Å². The quantitative estimate of drug-likeness (QED) is 0.789. The Morgan fingerprint density at radius 1 is 1.33 bits per heavy atom. The zero-order valence-corrected chi connectivity index (χ0v) is 15.2. The summed E-state index contributed by atoms with van der Waals surface area (Å²) >= 11 is 1.46. The summed E-state index contributed by atoms with van der Waals surface area (Å²) in [4.78, 5) is 17.0. The van der Waals surface area contributed by atoms with Crippen LogP contribution in [0.4, 0.5) is 5.13 Å². The van der Waals surface area contributed by atoms with Crippen LogP contribution in [0.3, 0.4) is 0 Å². The highest BCUT2D eigenvalue weighted by Crippen LogP contribution is 2.28. The van der Waals surface area contributed by atoms with E-state index in [9.17, 15) is 4.79 Å². The maximum atomic E-state index is 12.6. The number of tetrazole rings is 1. The van der Waals surface area contributed by atoms with Crippen LogP contribution >= 0.6 is 11.3 Å². The van der Waals surface area contributed by atoms with Crippen LogP contribution in [0.25, 0.3) is 10.2 Å². The number of aryl methyl sites for hydroxylation is 1. The molecule has 1 N–H and O–H groups in total. The number of thiazole rings is 1. The van der Waals surface area contributed by atoms with Gasteiger partial charge >= 0.3 is 0 Å². The van der Waals surface area contributed by atoms with Gasteiger partial charge in [-0.2, -0.15) is 0 Å². The van der Waals surface area contributed by atoms with Crippen LogP contribution in [0, 0.1) is 6.92 Å². The molecule has 3 rings (SSSR count). The average molecular weight is 344 g/mol. The van der Waals surface area contributed by atoms with Crippen molar-refractivity contribution in [2.45, 2.75) is 46.1 Å². The molecule has 0 aliphatic rings. The zero-order chi connectivity index (χ0) is 17.5. The highest BCUT2D eigenvalue weighted by Gasteiger charge is 2.27. The van der Waals surface area contributed by atoms with Crippen LogP contribution in [-0.4, -0.2) is 31.1 Å². The van der Waals surface area contributed by atoms with Gasteiger partial charge < -0.3 is 5.32 Å². The molecule has 2 heterocycles. The molecule has 1 aromatic carbocycles. The van der Waals surface area contributed by atoms with Crippen molar-refractivity contribution in [3.8, 4) is 0 Å². The molecule has 0 saturated carbocycles. The van der Waals surface area contributed by atoms with Crippen LogP contribution in [-0.2, 0) is 10.2 Å². The number of nitrogens with zero attached hydrogens (tertiary/aromatic N) is 5. The van der Waals surface area contributed by atoms with E-state index in [-0.39, 0.29) is 11.3 Å². The maximum Gasteiger partial charge on any atom is 0.250 e. The highest BCUT2D eigenvalue weighted by molar-refractivity contribution is 7.22. The Morgan fingerprint density at radius 3 is 2.79 bits per heavy atom. The minimum Gasteiger partial charge on any atom is -0.300 e. The van der Waals surface area contributed by atoms with E-state index in [4.69, 9.17) is 0 Å². The molecule has 24 heavy (non-hydrogen) atoms. The molecule has 1 atom stereocenters.